The average molecular weight is 240 g/mol. The number of nitrogens with one attached hydrogen (secondary N) is 2. The molecule has 0 spiro atoms. The third-order valence-electron chi connectivity index (χ3n) is 3.45. The van der Waals surface area contributed by atoms with E-state index in [1.165, 1.54) is 32.4 Å². The van der Waals surface area contributed by atoms with Crippen molar-refractivity contribution >= 4 is 5.96 Å². The summed E-state index contributed by atoms with van der Waals surface area (Å²) in [7, 11) is 4.05. The molecule has 100 valence electrons. The molecule has 1 saturated heterocycles. The molecule has 17 heavy (non-hydrogen) atoms. The minimum Gasteiger partial charge on any atom is -0.356 e. The van der Waals surface area contributed by atoms with Crippen molar-refractivity contribution in [1.82, 2.24) is 15.5 Å². The molecule has 0 atom stereocenters. The first-order valence-corrected chi connectivity index (χ1v) is 6.89. The molecule has 0 aliphatic carbocycles. The largest absolute Gasteiger partial charge is 0.356 e. The van der Waals surface area contributed by atoms with Crippen molar-refractivity contribution in [2.75, 3.05) is 40.3 Å². The van der Waals surface area contributed by atoms with Crippen molar-refractivity contribution in [3.63, 3.8) is 0 Å². The van der Waals surface area contributed by atoms with Crippen LogP contribution in [0.5, 0.6) is 0 Å². The molecule has 0 radical (unpaired) electrons. The van der Waals surface area contributed by atoms with Crippen LogP contribution in [0.15, 0.2) is 4.99 Å². The number of aliphatic imine (C=N–C) groups is 1. The van der Waals surface area contributed by atoms with Crippen molar-refractivity contribution in [1.29, 1.82) is 0 Å². The number of hydrogen-bond acceptors (Lipinski definition) is 2. The summed E-state index contributed by atoms with van der Waals surface area (Å²) in [6.45, 7) is 6.71. The molecule has 2 N–H and O–H groups in total. The van der Waals surface area contributed by atoms with E-state index in [1.807, 2.05) is 7.05 Å². The Labute approximate surface area is 106 Å². The van der Waals surface area contributed by atoms with Gasteiger partial charge in [-0.25, -0.2) is 0 Å². The Morgan fingerprint density at radius 1 is 1.24 bits per heavy atom. The molecule has 0 bridgehead atoms. The lowest BCUT2D eigenvalue weighted by Crippen LogP contribution is -2.39. The van der Waals surface area contributed by atoms with Gasteiger partial charge in [0.05, 0.1) is 0 Å². The van der Waals surface area contributed by atoms with Crippen LogP contribution in [0, 0.1) is 5.92 Å². The van der Waals surface area contributed by atoms with Gasteiger partial charge in [0.25, 0.3) is 0 Å². The third kappa shape index (κ3) is 5.91. The molecule has 4 heteroatoms. The van der Waals surface area contributed by atoms with Crippen molar-refractivity contribution in [3.8, 4) is 0 Å². The number of guanidine groups is 1. The second kappa shape index (κ2) is 8.34. The van der Waals surface area contributed by atoms with E-state index in [0.29, 0.717) is 0 Å². The summed E-state index contributed by atoms with van der Waals surface area (Å²) in [6.07, 6.45) is 5.09. The molecular formula is C13H28N4. The van der Waals surface area contributed by atoms with E-state index in [4.69, 9.17) is 0 Å². The number of hydrogen-bond donors (Lipinski definition) is 2. The zero-order valence-electron chi connectivity index (χ0n) is 11.6. The van der Waals surface area contributed by atoms with Gasteiger partial charge in [-0.05, 0) is 51.7 Å². The van der Waals surface area contributed by atoms with Crippen LogP contribution in [0.1, 0.15) is 32.6 Å². The topological polar surface area (TPSA) is 39.7 Å². The van der Waals surface area contributed by atoms with E-state index in [9.17, 15) is 0 Å². The first-order valence-electron chi connectivity index (χ1n) is 6.89. The van der Waals surface area contributed by atoms with Crippen LogP contribution in [0.25, 0.3) is 0 Å². The van der Waals surface area contributed by atoms with Gasteiger partial charge in [-0.1, -0.05) is 6.92 Å². The SMILES string of the molecule is CCCNC(=NC)NCCC1CCN(C)CC1. The zero-order valence-corrected chi connectivity index (χ0v) is 11.6. The minimum atomic E-state index is 0.892. The molecular weight excluding hydrogens is 212 g/mol. The number of nitrogens with zero attached hydrogens (tertiary/aromatic N) is 2. The lowest BCUT2D eigenvalue weighted by Gasteiger charge is -2.29. The first-order chi connectivity index (χ1) is 8.26. The Morgan fingerprint density at radius 3 is 2.47 bits per heavy atom. The molecule has 1 aliphatic rings. The summed E-state index contributed by atoms with van der Waals surface area (Å²) in [5.41, 5.74) is 0. The van der Waals surface area contributed by atoms with E-state index in [1.54, 1.807) is 0 Å². The normalized spacial score (nSPS) is 19.4. The summed E-state index contributed by atoms with van der Waals surface area (Å²) in [4.78, 5) is 6.63. The first kappa shape index (κ1) is 14.3. The molecule has 1 fully saturated rings. The highest BCUT2D eigenvalue weighted by atomic mass is 15.2. The molecule has 1 rings (SSSR count). The second-order valence-corrected chi connectivity index (χ2v) is 4.96. The van der Waals surface area contributed by atoms with E-state index < -0.39 is 0 Å². The smallest absolute Gasteiger partial charge is 0.190 e. The van der Waals surface area contributed by atoms with Gasteiger partial charge in [0.1, 0.15) is 0 Å². The summed E-state index contributed by atoms with van der Waals surface area (Å²) in [5, 5.41) is 6.68. The van der Waals surface area contributed by atoms with E-state index in [0.717, 1.165) is 31.4 Å². The van der Waals surface area contributed by atoms with Gasteiger partial charge in [0.15, 0.2) is 5.96 Å². The van der Waals surface area contributed by atoms with Gasteiger partial charge < -0.3 is 15.5 Å². The predicted molar refractivity (Wildman–Crippen MR) is 74.5 cm³/mol. The van der Waals surface area contributed by atoms with Gasteiger partial charge in [0.2, 0.25) is 0 Å². The summed E-state index contributed by atoms with van der Waals surface area (Å²) in [6, 6.07) is 0. The van der Waals surface area contributed by atoms with Crippen molar-refractivity contribution < 1.29 is 0 Å². The molecule has 0 saturated carbocycles. The van der Waals surface area contributed by atoms with Crippen molar-refractivity contribution in [2.45, 2.75) is 32.6 Å². The zero-order chi connectivity index (χ0) is 12.5. The minimum absolute atomic E-state index is 0.892. The third-order valence-corrected chi connectivity index (χ3v) is 3.45. The van der Waals surface area contributed by atoms with Gasteiger partial charge in [0, 0.05) is 20.1 Å². The van der Waals surface area contributed by atoms with Crippen molar-refractivity contribution in [3.05, 3.63) is 0 Å². The fraction of sp³-hybridized carbons (Fsp3) is 0.923. The van der Waals surface area contributed by atoms with Crippen LogP contribution in [0.4, 0.5) is 0 Å². The highest BCUT2D eigenvalue weighted by Gasteiger charge is 2.15. The number of piperidine rings is 1. The lowest BCUT2D eigenvalue weighted by molar-refractivity contribution is 0.213. The maximum Gasteiger partial charge on any atom is 0.190 e. The van der Waals surface area contributed by atoms with Crippen LogP contribution in [-0.2, 0) is 0 Å². The van der Waals surface area contributed by atoms with Crippen LogP contribution in [-0.4, -0.2) is 51.1 Å². The van der Waals surface area contributed by atoms with Gasteiger partial charge in [-0.3, -0.25) is 4.99 Å². The summed E-state index contributed by atoms with van der Waals surface area (Å²) < 4.78 is 0. The predicted octanol–water partition coefficient (Wildman–Crippen LogP) is 1.29. The van der Waals surface area contributed by atoms with E-state index in [-0.39, 0.29) is 0 Å². The average Bonchev–Trinajstić information content (AvgIpc) is 2.36. The second-order valence-electron chi connectivity index (χ2n) is 4.96. The Morgan fingerprint density at radius 2 is 1.88 bits per heavy atom. The maximum absolute atomic E-state index is 4.21. The van der Waals surface area contributed by atoms with Crippen LogP contribution in [0.2, 0.25) is 0 Å². The molecule has 0 aromatic carbocycles. The standard InChI is InChI=1S/C13H28N4/c1-4-8-15-13(14-2)16-9-5-12-6-10-17(3)11-7-12/h12H,4-11H2,1-3H3,(H2,14,15,16). The van der Waals surface area contributed by atoms with E-state index >= 15 is 0 Å². The molecule has 0 amide bonds. The Balaban J connectivity index is 2.09. The summed E-state index contributed by atoms with van der Waals surface area (Å²) >= 11 is 0. The maximum atomic E-state index is 4.21. The van der Waals surface area contributed by atoms with Gasteiger partial charge >= 0.3 is 0 Å². The van der Waals surface area contributed by atoms with Gasteiger partial charge in [-0.2, -0.15) is 0 Å². The van der Waals surface area contributed by atoms with Crippen molar-refractivity contribution in [2.24, 2.45) is 10.9 Å². The molecule has 4 nitrogen and oxygen atoms in total. The molecule has 1 heterocycles. The monoisotopic (exact) mass is 240 g/mol. The van der Waals surface area contributed by atoms with Crippen LogP contribution >= 0.6 is 0 Å². The Hall–Kier alpha value is -0.770. The van der Waals surface area contributed by atoms with Crippen LogP contribution < -0.4 is 10.6 Å². The Kier molecular flexibility index (Phi) is 7.01. The molecule has 0 aromatic heterocycles. The van der Waals surface area contributed by atoms with Crippen LogP contribution in [0.3, 0.4) is 0 Å². The molecule has 0 aromatic rings. The highest BCUT2D eigenvalue weighted by Crippen LogP contribution is 2.18. The fourth-order valence-corrected chi connectivity index (χ4v) is 2.21. The fourth-order valence-electron chi connectivity index (χ4n) is 2.21. The highest BCUT2D eigenvalue weighted by molar-refractivity contribution is 5.79. The number of likely N-dealkylation sites (tertiary alicyclic amines) is 1. The quantitative estimate of drug-likeness (QED) is 0.562. The lowest BCUT2D eigenvalue weighted by atomic mass is 9.94. The number of rotatable bonds is 5. The molecule has 1 aliphatic heterocycles. The van der Waals surface area contributed by atoms with Gasteiger partial charge in [-0.15, -0.1) is 0 Å². The van der Waals surface area contributed by atoms with E-state index in [2.05, 4.69) is 34.5 Å². The summed E-state index contributed by atoms with van der Waals surface area (Å²) in [5.74, 6) is 1.84. The molecule has 0 unspecified atom stereocenters. The Bertz CT molecular complexity index is 219.